The van der Waals surface area contributed by atoms with Gasteiger partial charge in [-0.05, 0) is 18.4 Å². The summed E-state index contributed by atoms with van der Waals surface area (Å²) in [6.07, 6.45) is 1.64. The van der Waals surface area contributed by atoms with Crippen LogP contribution in [0.3, 0.4) is 0 Å². The quantitative estimate of drug-likeness (QED) is 0.797. The Kier molecular flexibility index (Phi) is 3.25. The Labute approximate surface area is 96.0 Å². The average molecular weight is 218 g/mol. The summed E-state index contributed by atoms with van der Waals surface area (Å²) >= 11 is 0. The number of rotatable bonds is 3. The minimum absolute atomic E-state index is 0.0577. The van der Waals surface area contributed by atoms with Crippen molar-refractivity contribution in [2.75, 3.05) is 0 Å². The van der Waals surface area contributed by atoms with Crippen molar-refractivity contribution in [2.24, 2.45) is 11.7 Å². The topological polar surface area (TPSA) is 55.1 Å². The average Bonchev–Trinajstić information content (AvgIpc) is 2.58. The van der Waals surface area contributed by atoms with Gasteiger partial charge in [0, 0.05) is 12.1 Å². The Morgan fingerprint density at radius 3 is 2.56 bits per heavy atom. The Hall–Kier alpha value is -1.35. The van der Waals surface area contributed by atoms with E-state index in [1.54, 1.807) is 0 Å². The van der Waals surface area contributed by atoms with Crippen molar-refractivity contribution in [1.82, 2.24) is 5.32 Å². The zero-order valence-corrected chi connectivity index (χ0v) is 9.52. The lowest BCUT2D eigenvalue weighted by Gasteiger charge is -2.16. The van der Waals surface area contributed by atoms with Crippen LogP contribution in [0.2, 0.25) is 0 Å². The fourth-order valence-electron chi connectivity index (χ4n) is 2.31. The number of carbonyl (C=O) groups is 1. The molecule has 1 heterocycles. The lowest BCUT2D eigenvalue weighted by molar-refractivity contribution is -0.122. The minimum atomic E-state index is -0.0765. The molecule has 3 heteroatoms. The van der Waals surface area contributed by atoms with Crippen LogP contribution >= 0.6 is 0 Å². The fourth-order valence-corrected chi connectivity index (χ4v) is 2.31. The lowest BCUT2D eigenvalue weighted by atomic mass is 9.91. The predicted octanol–water partition coefficient (Wildman–Crippen LogP) is 1.08. The highest BCUT2D eigenvalue weighted by Crippen LogP contribution is 2.21. The molecular weight excluding hydrogens is 200 g/mol. The van der Waals surface area contributed by atoms with Crippen LogP contribution < -0.4 is 11.1 Å². The molecule has 1 aliphatic heterocycles. The van der Waals surface area contributed by atoms with E-state index >= 15 is 0 Å². The Morgan fingerprint density at radius 2 is 2.00 bits per heavy atom. The number of hydrogen-bond acceptors (Lipinski definition) is 2. The van der Waals surface area contributed by atoms with Crippen molar-refractivity contribution in [3.63, 3.8) is 0 Å². The van der Waals surface area contributed by atoms with Gasteiger partial charge in [0.15, 0.2) is 0 Å². The predicted molar refractivity (Wildman–Crippen MR) is 63.8 cm³/mol. The first kappa shape index (κ1) is 11.1. The van der Waals surface area contributed by atoms with Gasteiger partial charge in [0.1, 0.15) is 0 Å². The molecule has 3 atom stereocenters. The van der Waals surface area contributed by atoms with Crippen LogP contribution in [-0.2, 0) is 11.2 Å². The van der Waals surface area contributed by atoms with Gasteiger partial charge in [-0.3, -0.25) is 4.79 Å². The lowest BCUT2D eigenvalue weighted by Crippen LogP contribution is -2.38. The van der Waals surface area contributed by atoms with Gasteiger partial charge in [-0.25, -0.2) is 0 Å². The van der Waals surface area contributed by atoms with E-state index in [0.29, 0.717) is 0 Å². The molecule has 0 saturated carbocycles. The van der Waals surface area contributed by atoms with Crippen molar-refractivity contribution in [1.29, 1.82) is 0 Å². The molecule has 0 aliphatic carbocycles. The van der Waals surface area contributed by atoms with Crippen molar-refractivity contribution >= 4 is 5.91 Å². The molecular formula is C13H18N2O. The van der Waals surface area contributed by atoms with Gasteiger partial charge in [0.05, 0.1) is 5.92 Å². The third kappa shape index (κ3) is 2.09. The van der Waals surface area contributed by atoms with Crippen LogP contribution in [-0.4, -0.2) is 18.0 Å². The molecule has 0 unspecified atom stereocenters. The molecule has 0 radical (unpaired) electrons. The van der Waals surface area contributed by atoms with Gasteiger partial charge in [-0.2, -0.15) is 0 Å². The van der Waals surface area contributed by atoms with Crippen LogP contribution in [0.1, 0.15) is 18.9 Å². The summed E-state index contributed by atoms with van der Waals surface area (Å²) in [5, 5.41) is 2.96. The molecule has 3 nitrogen and oxygen atoms in total. The standard InChI is InChI=1S/C13H18N2O/c1-2-11-12(14)10(13(16)15-11)8-9-6-4-3-5-7-9/h3-7,10-12H,2,8,14H2,1H3,(H,15,16)/t10-,11+,12-/m0/s1. The van der Waals surface area contributed by atoms with Gasteiger partial charge in [0.25, 0.3) is 0 Å². The Bertz CT molecular complexity index is 363. The highest BCUT2D eigenvalue weighted by Gasteiger charge is 2.38. The molecule has 1 saturated heterocycles. The van der Waals surface area contributed by atoms with Gasteiger partial charge < -0.3 is 11.1 Å². The molecule has 1 aliphatic rings. The summed E-state index contributed by atoms with van der Waals surface area (Å²) in [7, 11) is 0. The SMILES string of the molecule is CC[C@H]1NC(=O)[C@@H](Cc2ccccc2)[C@@H]1N. The summed E-state index contributed by atoms with van der Waals surface area (Å²) in [4.78, 5) is 11.8. The number of hydrogen-bond donors (Lipinski definition) is 2. The second kappa shape index (κ2) is 4.66. The molecule has 1 fully saturated rings. The summed E-state index contributed by atoms with van der Waals surface area (Å²) in [6.45, 7) is 2.05. The Balaban J connectivity index is 2.08. The third-order valence-electron chi connectivity index (χ3n) is 3.33. The van der Waals surface area contributed by atoms with Gasteiger partial charge in [-0.1, -0.05) is 37.3 Å². The van der Waals surface area contributed by atoms with Crippen LogP contribution in [0.15, 0.2) is 30.3 Å². The summed E-state index contributed by atoms with van der Waals surface area (Å²) < 4.78 is 0. The molecule has 86 valence electrons. The molecule has 0 spiro atoms. The molecule has 3 N–H and O–H groups in total. The molecule has 16 heavy (non-hydrogen) atoms. The van der Waals surface area contributed by atoms with Crippen molar-refractivity contribution < 1.29 is 4.79 Å². The van der Waals surface area contributed by atoms with E-state index in [2.05, 4.69) is 12.2 Å². The third-order valence-corrected chi connectivity index (χ3v) is 3.33. The van der Waals surface area contributed by atoms with E-state index < -0.39 is 0 Å². The van der Waals surface area contributed by atoms with Crippen molar-refractivity contribution in [2.45, 2.75) is 31.8 Å². The van der Waals surface area contributed by atoms with Gasteiger partial charge in [-0.15, -0.1) is 0 Å². The first-order chi connectivity index (χ1) is 7.72. The van der Waals surface area contributed by atoms with E-state index in [4.69, 9.17) is 5.73 Å². The maximum atomic E-state index is 11.8. The van der Waals surface area contributed by atoms with E-state index in [0.717, 1.165) is 12.8 Å². The molecule has 1 amide bonds. The second-order valence-electron chi connectivity index (χ2n) is 4.40. The second-order valence-corrected chi connectivity index (χ2v) is 4.40. The van der Waals surface area contributed by atoms with Gasteiger partial charge in [0.2, 0.25) is 5.91 Å². The van der Waals surface area contributed by atoms with Crippen molar-refractivity contribution in [3.05, 3.63) is 35.9 Å². The maximum Gasteiger partial charge on any atom is 0.225 e. The zero-order chi connectivity index (χ0) is 11.5. The molecule has 0 aromatic heterocycles. The van der Waals surface area contributed by atoms with E-state index in [1.807, 2.05) is 30.3 Å². The number of nitrogens with two attached hydrogens (primary N) is 1. The van der Waals surface area contributed by atoms with E-state index in [9.17, 15) is 4.79 Å². The first-order valence-electron chi connectivity index (χ1n) is 5.82. The summed E-state index contributed by atoms with van der Waals surface area (Å²) in [5.41, 5.74) is 7.26. The van der Waals surface area contributed by atoms with Crippen molar-refractivity contribution in [3.8, 4) is 0 Å². The summed E-state index contributed by atoms with van der Waals surface area (Å²) in [5.74, 6) is 0.0237. The number of benzene rings is 1. The molecule has 0 bridgehead atoms. The number of carbonyl (C=O) groups excluding carboxylic acids is 1. The Morgan fingerprint density at radius 1 is 1.31 bits per heavy atom. The normalized spacial score (nSPS) is 29.1. The fraction of sp³-hybridized carbons (Fsp3) is 0.462. The highest BCUT2D eigenvalue weighted by molar-refractivity contribution is 5.82. The van der Waals surface area contributed by atoms with Crippen LogP contribution in [0.5, 0.6) is 0 Å². The van der Waals surface area contributed by atoms with E-state index in [1.165, 1.54) is 5.56 Å². The first-order valence-corrected chi connectivity index (χ1v) is 5.82. The molecule has 1 aromatic carbocycles. The van der Waals surface area contributed by atoms with Crippen LogP contribution in [0.4, 0.5) is 0 Å². The van der Waals surface area contributed by atoms with Crippen LogP contribution in [0.25, 0.3) is 0 Å². The molecule has 2 rings (SSSR count). The van der Waals surface area contributed by atoms with E-state index in [-0.39, 0.29) is 23.9 Å². The van der Waals surface area contributed by atoms with Crippen LogP contribution in [0, 0.1) is 5.92 Å². The van der Waals surface area contributed by atoms with Gasteiger partial charge >= 0.3 is 0 Å². The zero-order valence-electron chi connectivity index (χ0n) is 9.52. The minimum Gasteiger partial charge on any atom is -0.351 e. The monoisotopic (exact) mass is 218 g/mol. The molecule has 1 aromatic rings. The smallest absolute Gasteiger partial charge is 0.225 e. The number of amides is 1. The highest BCUT2D eigenvalue weighted by atomic mass is 16.2. The summed E-state index contributed by atoms with van der Waals surface area (Å²) in [6, 6.07) is 10.1. The maximum absolute atomic E-state index is 11.8. The number of nitrogens with one attached hydrogen (secondary N) is 1. The largest absolute Gasteiger partial charge is 0.351 e.